The van der Waals surface area contributed by atoms with Crippen molar-refractivity contribution < 1.29 is 22.5 Å². The summed E-state index contributed by atoms with van der Waals surface area (Å²) in [6.45, 7) is 0. The predicted octanol–water partition coefficient (Wildman–Crippen LogP) is 3.78. The third-order valence-electron chi connectivity index (χ3n) is 3.03. The monoisotopic (exact) mass is 356 g/mol. The minimum absolute atomic E-state index is 0.00707. The lowest BCUT2D eigenvalue weighted by Gasteiger charge is -2.12. The van der Waals surface area contributed by atoms with Gasteiger partial charge in [0.25, 0.3) is 5.91 Å². The Kier molecular flexibility index (Phi) is 4.02. The standard InChI is InChI=1S/C14H8ClF3N4O2/c15-8-1-3-9(4-2-8)22-12(14(16,17)18)10(7-19-22)13(23)20-11-5-6-24-21-11/h1-7H,(H,20,21,23). The number of alkyl halides is 3. The minimum Gasteiger partial charge on any atom is -0.363 e. The molecule has 0 aliphatic carbocycles. The van der Waals surface area contributed by atoms with Crippen LogP contribution in [0.2, 0.25) is 5.02 Å². The molecule has 3 rings (SSSR count). The molecule has 0 atom stereocenters. The first-order chi connectivity index (χ1) is 11.4. The van der Waals surface area contributed by atoms with Crippen molar-refractivity contribution in [2.45, 2.75) is 6.18 Å². The summed E-state index contributed by atoms with van der Waals surface area (Å²) in [5, 5.41) is 9.67. The van der Waals surface area contributed by atoms with E-state index in [1.54, 1.807) is 0 Å². The Bertz CT molecular complexity index is 857. The van der Waals surface area contributed by atoms with Gasteiger partial charge in [0.15, 0.2) is 11.5 Å². The number of carbonyl (C=O) groups excluding carboxylic acids is 1. The van der Waals surface area contributed by atoms with Crippen molar-refractivity contribution in [1.82, 2.24) is 14.9 Å². The molecule has 124 valence electrons. The molecule has 0 fully saturated rings. The molecular weight excluding hydrogens is 349 g/mol. The van der Waals surface area contributed by atoms with Gasteiger partial charge in [0.2, 0.25) is 0 Å². The van der Waals surface area contributed by atoms with E-state index in [1.165, 1.54) is 36.6 Å². The summed E-state index contributed by atoms with van der Waals surface area (Å²) in [5.41, 5.74) is -1.72. The molecule has 6 nitrogen and oxygen atoms in total. The van der Waals surface area contributed by atoms with Crippen LogP contribution in [0.5, 0.6) is 0 Å². The molecule has 3 aromatic rings. The Balaban J connectivity index is 2.04. The Morgan fingerprint density at radius 1 is 1.21 bits per heavy atom. The summed E-state index contributed by atoms with van der Waals surface area (Å²) in [7, 11) is 0. The number of hydrogen-bond acceptors (Lipinski definition) is 4. The quantitative estimate of drug-likeness (QED) is 0.775. The molecule has 1 amide bonds. The van der Waals surface area contributed by atoms with Crippen LogP contribution >= 0.6 is 11.6 Å². The van der Waals surface area contributed by atoms with Crippen molar-refractivity contribution in [3.63, 3.8) is 0 Å². The van der Waals surface area contributed by atoms with Gasteiger partial charge >= 0.3 is 6.18 Å². The molecule has 1 aromatic carbocycles. The third-order valence-corrected chi connectivity index (χ3v) is 3.28. The summed E-state index contributed by atoms with van der Waals surface area (Å²) in [4.78, 5) is 12.1. The van der Waals surface area contributed by atoms with Gasteiger partial charge in [-0.05, 0) is 24.3 Å². The summed E-state index contributed by atoms with van der Waals surface area (Å²) < 4.78 is 45.5. The number of anilines is 1. The fourth-order valence-corrected chi connectivity index (χ4v) is 2.15. The highest BCUT2D eigenvalue weighted by Crippen LogP contribution is 2.34. The van der Waals surface area contributed by atoms with Gasteiger partial charge in [0, 0.05) is 11.1 Å². The van der Waals surface area contributed by atoms with E-state index in [0.29, 0.717) is 9.70 Å². The van der Waals surface area contributed by atoms with Gasteiger partial charge < -0.3 is 9.84 Å². The lowest BCUT2D eigenvalue weighted by molar-refractivity contribution is -0.143. The highest BCUT2D eigenvalue weighted by Gasteiger charge is 2.40. The number of hydrogen-bond donors (Lipinski definition) is 1. The maximum atomic E-state index is 13.4. The van der Waals surface area contributed by atoms with Crippen LogP contribution < -0.4 is 5.32 Å². The number of carbonyl (C=O) groups is 1. The second-order valence-electron chi connectivity index (χ2n) is 4.63. The molecule has 1 N–H and O–H groups in total. The number of aromatic nitrogens is 3. The molecule has 10 heteroatoms. The first-order valence-corrected chi connectivity index (χ1v) is 6.87. The molecule has 0 unspecified atom stereocenters. The van der Waals surface area contributed by atoms with Crippen LogP contribution in [-0.4, -0.2) is 20.8 Å². The molecule has 2 aromatic heterocycles. The van der Waals surface area contributed by atoms with Gasteiger partial charge in [-0.1, -0.05) is 16.8 Å². The van der Waals surface area contributed by atoms with E-state index in [4.69, 9.17) is 11.6 Å². The highest BCUT2D eigenvalue weighted by molar-refractivity contribution is 6.30. The summed E-state index contributed by atoms with van der Waals surface area (Å²) in [5.74, 6) is -1.01. The minimum atomic E-state index is -4.80. The fourth-order valence-electron chi connectivity index (χ4n) is 2.03. The molecule has 0 saturated carbocycles. The lowest BCUT2D eigenvalue weighted by atomic mass is 10.2. The van der Waals surface area contributed by atoms with Gasteiger partial charge in [-0.3, -0.25) is 4.79 Å². The average molecular weight is 357 g/mol. The van der Waals surface area contributed by atoms with Gasteiger partial charge in [0.1, 0.15) is 6.26 Å². The van der Waals surface area contributed by atoms with E-state index >= 15 is 0 Å². The summed E-state index contributed by atoms with van der Waals surface area (Å²) in [6, 6.07) is 6.88. The van der Waals surface area contributed by atoms with Crippen molar-refractivity contribution in [1.29, 1.82) is 0 Å². The van der Waals surface area contributed by atoms with E-state index in [0.717, 1.165) is 6.20 Å². The van der Waals surface area contributed by atoms with E-state index in [2.05, 4.69) is 20.1 Å². The van der Waals surface area contributed by atoms with Crippen LogP contribution in [-0.2, 0) is 6.18 Å². The van der Waals surface area contributed by atoms with Crippen molar-refractivity contribution >= 4 is 23.3 Å². The van der Waals surface area contributed by atoms with E-state index in [1.807, 2.05) is 0 Å². The average Bonchev–Trinajstić information content (AvgIpc) is 3.16. The maximum Gasteiger partial charge on any atom is 0.434 e. The Morgan fingerprint density at radius 3 is 2.50 bits per heavy atom. The first kappa shape index (κ1) is 16.1. The normalized spacial score (nSPS) is 11.5. The summed E-state index contributed by atoms with van der Waals surface area (Å²) in [6.07, 6.45) is -2.78. The van der Waals surface area contributed by atoms with Crippen LogP contribution in [0.3, 0.4) is 0 Å². The zero-order valence-corrected chi connectivity index (χ0v) is 12.5. The number of amides is 1. The van der Waals surface area contributed by atoms with Crippen LogP contribution in [0, 0.1) is 0 Å². The molecule has 0 radical (unpaired) electrons. The van der Waals surface area contributed by atoms with Gasteiger partial charge in [-0.25, -0.2) is 4.68 Å². The first-order valence-electron chi connectivity index (χ1n) is 6.49. The van der Waals surface area contributed by atoms with Crippen molar-refractivity contribution in [3.05, 3.63) is 59.1 Å². The predicted molar refractivity (Wildman–Crippen MR) is 78.0 cm³/mol. The lowest BCUT2D eigenvalue weighted by Crippen LogP contribution is -2.20. The van der Waals surface area contributed by atoms with Crippen LogP contribution in [0.1, 0.15) is 16.1 Å². The number of rotatable bonds is 3. The Morgan fingerprint density at radius 2 is 1.92 bits per heavy atom. The number of nitrogens with zero attached hydrogens (tertiary/aromatic N) is 3. The van der Waals surface area contributed by atoms with Crippen LogP contribution in [0.25, 0.3) is 5.69 Å². The zero-order valence-electron chi connectivity index (χ0n) is 11.7. The molecule has 0 bridgehead atoms. The smallest absolute Gasteiger partial charge is 0.363 e. The molecule has 2 heterocycles. The molecule has 0 aliphatic rings. The Labute approximate surface area is 137 Å². The van der Waals surface area contributed by atoms with Crippen molar-refractivity contribution in [2.24, 2.45) is 0 Å². The largest absolute Gasteiger partial charge is 0.434 e. The number of benzene rings is 1. The molecule has 0 aliphatic heterocycles. The Hall–Kier alpha value is -2.81. The maximum absolute atomic E-state index is 13.4. The van der Waals surface area contributed by atoms with E-state index in [-0.39, 0.29) is 11.5 Å². The molecule has 0 spiro atoms. The zero-order chi connectivity index (χ0) is 17.3. The molecule has 24 heavy (non-hydrogen) atoms. The number of halogens is 4. The van der Waals surface area contributed by atoms with Gasteiger partial charge in [-0.15, -0.1) is 0 Å². The van der Waals surface area contributed by atoms with Crippen molar-refractivity contribution in [2.75, 3.05) is 5.32 Å². The van der Waals surface area contributed by atoms with Gasteiger partial charge in [-0.2, -0.15) is 18.3 Å². The van der Waals surface area contributed by atoms with Crippen LogP contribution in [0.4, 0.5) is 19.0 Å². The fraction of sp³-hybridized carbons (Fsp3) is 0.0714. The highest BCUT2D eigenvalue weighted by atomic mass is 35.5. The van der Waals surface area contributed by atoms with Gasteiger partial charge in [0.05, 0.1) is 17.4 Å². The SMILES string of the molecule is O=C(Nc1ccon1)c1cnn(-c2ccc(Cl)cc2)c1C(F)(F)F. The number of nitrogens with one attached hydrogen (secondary N) is 1. The van der Waals surface area contributed by atoms with Crippen LogP contribution in [0.15, 0.2) is 47.3 Å². The van der Waals surface area contributed by atoms with Crippen molar-refractivity contribution in [3.8, 4) is 5.69 Å². The molecular formula is C14H8ClF3N4O2. The van der Waals surface area contributed by atoms with E-state index < -0.39 is 23.3 Å². The second kappa shape index (κ2) is 6.00. The summed E-state index contributed by atoms with van der Waals surface area (Å²) >= 11 is 5.73. The molecule has 0 saturated heterocycles. The van der Waals surface area contributed by atoms with E-state index in [9.17, 15) is 18.0 Å². The third kappa shape index (κ3) is 3.11. The second-order valence-corrected chi connectivity index (χ2v) is 5.07. The topological polar surface area (TPSA) is 73.0 Å².